The van der Waals surface area contributed by atoms with Crippen LogP contribution in [0.15, 0.2) is 5.10 Å². The predicted molar refractivity (Wildman–Crippen MR) is 85.3 cm³/mol. The van der Waals surface area contributed by atoms with Crippen LogP contribution in [0.5, 0.6) is 0 Å². The van der Waals surface area contributed by atoms with Gasteiger partial charge in [0, 0.05) is 13.5 Å². The van der Waals surface area contributed by atoms with Gasteiger partial charge in [-0.2, -0.15) is 10.1 Å². The average Bonchev–Trinajstić information content (AvgIpc) is 2.40. The SMILES string of the molecule is COCCN(/N=C1\CCCC(=O)C1C(C)=O)C(=O)OC(C)(C)C. The second-order valence-electron chi connectivity index (χ2n) is 6.55. The molecule has 1 aliphatic rings. The molecule has 0 N–H and O–H groups in total. The van der Waals surface area contributed by atoms with Crippen LogP contribution < -0.4 is 0 Å². The first-order chi connectivity index (χ1) is 10.7. The third kappa shape index (κ3) is 6.09. The standard InChI is InChI=1S/C16H26N2O5/c1-11(19)14-12(7-6-8-13(14)20)17-18(9-10-22-5)15(21)23-16(2,3)4/h14H,6-10H2,1-5H3/b17-12+. The van der Waals surface area contributed by atoms with Crippen LogP contribution in [0.3, 0.4) is 0 Å². The number of hydrazone groups is 1. The Balaban J connectivity index is 3.02. The van der Waals surface area contributed by atoms with E-state index in [0.29, 0.717) is 25.0 Å². The number of rotatable bonds is 5. The van der Waals surface area contributed by atoms with E-state index in [4.69, 9.17) is 9.47 Å². The summed E-state index contributed by atoms with van der Waals surface area (Å²) in [4.78, 5) is 36.0. The van der Waals surface area contributed by atoms with Crippen LogP contribution in [-0.4, -0.2) is 54.2 Å². The first-order valence-electron chi connectivity index (χ1n) is 7.75. The highest BCUT2D eigenvalue weighted by Crippen LogP contribution is 2.21. The van der Waals surface area contributed by atoms with Crippen molar-refractivity contribution in [1.82, 2.24) is 5.01 Å². The molecule has 0 aliphatic heterocycles. The molecule has 1 aliphatic carbocycles. The van der Waals surface area contributed by atoms with E-state index in [1.165, 1.54) is 14.0 Å². The van der Waals surface area contributed by atoms with Crippen molar-refractivity contribution in [3.63, 3.8) is 0 Å². The number of hydrogen-bond donors (Lipinski definition) is 0. The van der Waals surface area contributed by atoms with E-state index in [0.717, 1.165) is 5.01 Å². The van der Waals surface area contributed by atoms with Crippen molar-refractivity contribution in [3.8, 4) is 0 Å². The smallest absolute Gasteiger partial charge is 0.430 e. The first kappa shape index (κ1) is 19.3. The summed E-state index contributed by atoms with van der Waals surface area (Å²) in [6.07, 6.45) is 0.895. The van der Waals surface area contributed by atoms with Crippen LogP contribution in [-0.2, 0) is 19.1 Å². The Hall–Kier alpha value is -1.76. The zero-order chi connectivity index (χ0) is 17.6. The molecule has 1 saturated carbocycles. The number of Topliss-reactive ketones (excluding diaryl/α,β-unsaturated/α-hetero) is 2. The minimum absolute atomic E-state index is 0.140. The van der Waals surface area contributed by atoms with Gasteiger partial charge in [-0.05, 0) is 40.5 Å². The van der Waals surface area contributed by atoms with Crippen LogP contribution in [0, 0.1) is 5.92 Å². The van der Waals surface area contributed by atoms with Gasteiger partial charge in [-0.3, -0.25) is 9.59 Å². The quantitative estimate of drug-likeness (QED) is 0.571. The first-order valence-corrected chi connectivity index (χ1v) is 7.75. The van der Waals surface area contributed by atoms with Crippen LogP contribution in [0.25, 0.3) is 0 Å². The summed E-state index contributed by atoms with van der Waals surface area (Å²) in [7, 11) is 1.52. The zero-order valence-electron chi connectivity index (χ0n) is 14.5. The van der Waals surface area contributed by atoms with E-state index in [2.05, 4.69) is 5.10 Å². The minimum Gasteiger partial charge on any atom is -0.442 e. The number of methoxy groups -OCH3 is 1. The fourth-order valence-electron chi connectivity index (χ4n) is 2.32. The van der Waals surface area contributed by atoms with E-state index >= 15 is 0 Å². The molecule has 0 heterocycles. The van der Waals surface area contributed by atoms with E-state index in [1.807, 2.05) is 0 Å². The molecule has 1 unspecified atom stereocenters. The maximum atomic E-state index is 12.3. The molecule has 0 aromatic carbocycles. The maximum Gasteiger partial charge on any atom is 0.430 e. The Morgan fingerprint density at radius 1 is 1.30 bits per heavy atom. The Bertz CT molecular complexity index is 493. The Kier molecular flexibility index (Phi) is 6.87. The zero-order valence-corrected chi connectivity index (χ0v) is 14.5. The van der Waals surface area contributed by atoms with Crippen molar-refractivity contribution in [1.29, 1.82) is 0 Å². The molecule has 0 radical (unpaired) electrons. The number of ether oxygens (including phenoxy) is 2. The normalized spacial score (nSPS) is 20.5. The number of carbonyl (C=O) groups is 3. The summed E-state index contributed by atoms with van der Waals surface area (Å²) >= 11 is 0. The molecule has 0 spiro atoms. The Morgan fingerprint density at radius 2 is 1.96 bits per heavy atom. The topological polar surface area (TPSA) is 85.3 Å². The van der Waals surface area contributed by atoms with Gasteiger partial charge < -0.3 is 9.47 Å². The molecule has 130 valence electrons. The van der Waals surface area contributed by atoms with Gasteiger partial charge in [0.2, 0.25) is 0 Å². The van der Waals surface area contributed by atoms with E-state index in [9.17, 15) is 14.4 Å². The number of nitrogens with zero attached hydrogens (tertiary/aromatic N) is 2. The number of hydrogen-bond acceptors (Lipinski definition) is 6. The summed E-state index contributed by atoms with van der Waals surface area (Å²) < 4.78 is 10.3. The van der Waals surface area contributed by atoms with Crippen molar-refractivity contribution in [2.24, 2.45) is 11.0 Å². The molecular formula is C16H26N2O5. The summed E-state index contributed by atoms with van der Waals surface area (Å²) in [6, 6.07) is 0. The van der Waals surface area contributed by atoms with E-state index < -0.39 is 17.6 Å². The van der Waals surface area contributed by atoms with Gasteiger partial charge in [0.05, 0.1) is 18.9 Å². The van der Waals surface area contributed by atoms with Crippen LogP contribution in [0.1, 0.15) is 47.0 Å². The van der Waals surface area contributed by atoms with Crippen molar-refractivity contribution in [2.45, 2.75) is 52.6 Å². The highest BCUT2D eigenvalue weighted by Gasteiger charge is 2.33. The summed E-state index contributed by atoms with van der Waals surface area (Å²) in [6.45, 7) is 7.11. The molecule has 0 aromatic rings. The molecule has 0 saturated heterocycles. The average molecular weight is 326 g/mol. The van der Waals surface area contributed by atoms with Crippen LogP contribution in [0.2, 0.25) is 0 Å². The van der Waals surface area contributed by atoms with Crippen molar-refractivity contribution in [3.05, 3.63) is 0 Å². The second kappa shape index (κ2) is 8.19. The number of ketones is 2. The minimum atomic E-state index is -0.851. The van der Waals surface area contributed by atoms with Gasteiger partial charge in [0.1, 0.15) is 23.1 Å². The van der Waals surface area contributed by atoms with Crippen LogP contribution in [0.4, 0.5) is 4.79 Å². The molecule has 1 fully saturated rings. The maximum absolute atomic E-state index is 12.3. The van der Waals surface area contributed by atoms with Crippen LogP contribution >= 0.6 is 0 Å². The fraction of sp³-hybridized carbons (Fsp3) is 0.750. The largest absolute Gasteiger partial charge is 0.442 e. The highest BCUT2D eigenvalue weighted by atomic mass is 16.6. The van der Waals surface area contributed by atoms with Gasteiger partial charge in [-0.15, -0.1) is 0 Å². The summed E-state index contributed by atoms with van der Waals surface area (Å²) in [5.41, 5.74) is -0.235. The molecule has 1 atom stereocenters. The van der Waals surface area contributed by atoms with E-state index in [-0.39, 0.29) is 24.7 Å². The lowest BCUT2D eigenvalue weighted by Gasteiger charge is -2.27. The lowest BCUT2D eigenvalue weighted by Crippen LogP contribution is -2.39. The molecule has 7 nitrogen and oxygen atoms in total. The van der Waals surface area contributed by atoms with E-state index in [1.54, 1.807) is 20.8 Å². The third-order valence-corrected chi connectivity index (χ3v) is 3.28. The van der Waals surface area contributed by atoms with Crippen molar-refractivity contribution in [2.75, 3.05) is 20.3 Å². The molecule has 23 heavy (non-hydrogen) atoms. The Morgan fingerprint density at radius 3 is 2.48 bits per heavy atom. The Labute approximate surface area is 137 Å². The lowest BCUT2D eigenvalue weighted by molar-refractivity contribution is -0.129. The fourth-order valence-corrected chi connectivity index (χ4v) is 2.32. The number of carbonyl (C=O) groups excluding carboxylic acids is 3. The van der Waals surface area contributed by atoms with Gasteiger partial charge in [0.15, 0.2) is 0 Å². The van der Waals surface area contributed by atoms with Crippen molar-refractivity contribution < 1.29 is 23.9 Å². The van der Waals surface area contributed by atoms with Gasteiger partial charge in [-0.25, -0.2) is 4.79 Å². The second-order valence-corrected chi connectivity index (χ2v) is 6.55. The van der Waals surface area contributed by atoms with Gasteiger partial charge >= 0.3 is 6.09 Å². The highest BCUT2D eigenvalue weighted by molar-refractivity contribution is 6.21. The molecule has 7 heteroatoms. The summed E-state index contributed by atoms with van der Waals surface area (Å²) in [5.74, 6) is -1.24. The van der Waals surface area contributed by atoms with Crippen molar-refractivity contribution >= 4 is 23.4 Å². The lowest BCUT2D eigenvalue weighted by atomic mass is 9.83. The molecule has 1 amide bonds. The number of amides is 1. The third-order valence-electron chi connectivity index (χ3n) is 3.28. The predicted octanol–water partition coefficient (Wildman–Crippen LogP) is 2.18. The molecule has 0 aromatic heterocycles. The van der Waals surface area contributed by atoms with Gasteiger partial charge in [-0.1, -0.05) is 0 Å². The molecule has 0 bridgehead atoms. The molecular weight excluding hydrogens is 300 g/mol. The van der Waals surface area contributed by atoms with Gasteiger partial charge in [0.25, 0.3) is 0 Å². The monoisotopic (exact) mass is 326 g/mol. The molecule has 1 rings (SSSR count). The summed E-state index contributed by atoms with van der Waals surface area (Å²) in [5, 5.41) is 5.40.